The number of rotatable bonds is 7. The van der Waals surface area contributed by atoms with E-state index in [-0.39, 0.29) is 11.9 Å². The molecule has 2 heterocycles. The molecule has 8 nitrogen and oxygen atoms in total. The minimum atomic E-state index is -0.0566. The molecule has 0 spiro atoms. The van der Waals surface area contributed by atoms with E-state index in [1.807, 2.05) is 54.6 Å². The summed E-state index contributed by atoms with van der Waals surface area (Å²) >= 11 is 0. The van der Waals surface area contributed by atoms with Gasteiger partial charge >= 0.3 is 0 Å². The molecule has 1 aromatic heterocycles. The van der Waals surface area contributed by atoms with Gasteiger partial charge in [-0.15, -0.1) is 0 Å². The fourth-order valence-corrected chi connectivity index (χ4v) is 5.00. The Labute approximate surface area is 231 Å². The summed E-state index contributed by atoms with van der Waals surface area (Å²) in [6.45, 7) is 7.86. The van der Waals surface area contributed by atoms with Gasteiger partial charge in [-0.25, -0.2) is 4.68 Å². The number of aromatic nitrogens is 2. The van der Waals surface area contributed by atoms with Crippen molar-refractivity contribution in [1.82, 2.24) is 14.7 Å². The predicted molar refractivity (Wildman–Crippen MR) is 160 cm³/mol. The summed E-state index contributed by atoms with van der Waals surface area (Å²) in [7, 11) is 0. The highest BCUT2D eigenvalue weighted by atomic mass is 16.2. The van der Waals surface area contributed by atoms with Crippen LogP contribution in [0.15, 0.2) is 66.7 Å². The van der Waals surface area contributed by atoms with Crippen molar-refractivity contribution in [3.63, 3.8) is 0 Å². The summed E-state index contributed by atoms with van der Waals surface area (Å²) < 4.78 is 1.78. The molecule has 5 rings (SSSR count). The first kappa shape index (κ1) is 28.1. The minimum absolute atomic E-state index is 0.0360. The molecule has 2 fully saturated rings. The maximum atomic E-state index is 12.3. The number of nitrogens with zero attached hydrogens (tertiary/aromatic N) is 3. The number of anilines is 3. The molecular formula is C31H41N7O. The smallest absolute Gasteiger partial charge is 0.246 e. The topological polar surface area (TPSA) is 126 Å². The number of amides is 1. The highest BCUT2D eigenvalue weighted by Crippen LogP contribution is 2.39. The fourth-order valence-electron chi connectivity index (χ4n) is 5.00. The summed E-state index contributed by atoms with van der Waals surface area (Å²) in [6.07, 6.45) is 8.29. The van der Waals surface area contributed by atoms with Crippen molar-refractivity contribution < 1.29 is 4.79 Å². The van der Waals surface area contributed by atoms with Crippen LogP contribution in [0, 0.1) is 10.8 Å². The zero-order chi connectivity index (χ0) is 28.0. The third-order valence-corrected chi connectivity index (χ3v) is 7.47. The number of hydrogen-bond donors (Lipinski definition) is 4. The van der Waals surface area contributed by atoms with Gasteiger partial charge in [0.2, 0.25) is 5.91 Å². The molecule has 1 saturated carbocycles. The van der Waals surface area contributed by atoms with E-state index in [0.29, 0.717) is 42.4 Å². The number of carbonyl (C=O) groups is 1. The van der Waals surface area contributed by atoms with Crippen LogP contribution in [0.4, 0.5) is 17.2 Å². The van der Waals surface area contributed by atoms with Gasteiger partial charge in [0.25, 0.3) is 0 Å². The van der Waals surface area contributed by atoms with Crippen molar-refractivity contribution in [3.05, 3.63) is 72.3 Å². The Bertz CT molecular complexity index is 1300. The Hall–Kier alpha value is -3.91. The number of benzene rings is 2. The molecule has 1 aliphatic heterocycles. The molecule has 1 aliphatic carbocycles. The van der Waals surface area contributed by atoms with Gasteiger partial charge < -0.3 is 27.1 Å². The average Bonchev–Trinajstić information content (AvgIpc) is 3.53. The molecule has 3 aromatic rings. The van der Waals surface area contributed by atoms with Gasteiger partial charge in [-0.2, -0.15) is 5.10 Å². The van der Waals surface area contributed by atoms with Gasteiger partial charge in [-0.3, -0.25) is 4.79 Å². The lowest BCUT2D eigenvalue weighted by Crippen LogP contribution is -2.28. The van der Waals surface area contributed by atoms with Gasteiger partial charge in [0.1, 0.15) is 11.5 Å². The van der Waals surface area contributed by atoms with E-state index >= 15 is 0 Å². The number of para-hydroxylation sites is 1. The van der Waals surface area contributed by atoms with E-state index in [1.54, 1.807) is 22.6 Å². The molecule has 8 heteroatoms. The van der Waals surface area contributed by atoms with Crippen LogP contribution in [0.1, 0.15) is 58.1 Å². The van der Waals surface area contributed by atoms with Crippen molar-refractivity contribution in [2.45, 2.75) is 52.5 Å². The molecule has 1 saturated heterocycles. The summed E-state index contributed by atoms with van der Waals surface area (Å²) in [4.78, 5) is 14.1. The quantitative estimate of drug-likeness (QED) is 0.230. The van der Waals surface area contributed by atoms with Crippen molar-refractivity contribution in [2.75, 3.05) is 30.7 Å². The van der Waals surface area contributed by atoms with Gasteiger partial charge in [-0.05, 0) is 55.9 Å². The standard InChI is InChI=1S/C25H29N7O.C6H12/c1-17(27)23-24(18-9-11-20(12-10-18)29-19-6-3-2-4-7-19)30-32(25(23)28)21-13-15-31(16-21)22(33)8-5-14-26;1-6(2)4-3-5-6/h2-12,21,27,29H,13-16,26,28H2,1H3;3-5H2,1-2H3/b8-5+,27-17?;. The van der Waals surface area contributed by atoms with Gasteiger partial charge in [-0.1, -0.05) is 56.7 Å². The first-order chi connectivity index (χ1) is 18.7. The molecule has 39 heavy (non-hydrogen) atoms. The Kier molecular flexibility index (Phi) is 8.86. The maximum Gasteiger partial charge on any atom is 0.246 e. The third-order valence-electron chi connectivity index (χ3n) is 7.47. The highest BCUT2D eigenvalue weighted by molar-refractivity contribution is 6.05. The summed E-state index contributed by atoms with van der Waals surface area (Å²) in [5.41, 5.74) is 17.2. The Morgan fingerprint density at radius 2 is 1.77 bits per heavy atom. The second-order valence-electron chi connectivity index (χ2n) is 11.1. The van der Waals surface area contributed by atoms with Crippen LogP contribution in [-0.4, -0.2) is 45.9 Å². The van der Waals surface area contributed by atoms with Crippen molar-refractivity contribution >= 4 is 28.8 Å². The minimum Gasteiger partial charge on any atom is -0.383 e. The fraction of sp³-hybridized carbons (Fsp3) is 0.387. The second-order valence-corrected chi connectivity index (χ2v) is 11.1. The lowest BCUT2D eigenvalue weighted by molar-refractivity contribution is -0.125. The number of carbonyl (C=O) groups excluding carboxylic acids is 1. The van der Waals surface area contributed by atoms with E-state index in [0.717, 1.165) is 28.8 Å². The average molecular weight is 528 g/mol. The molecule has 0 radical (unpaired) electrons. The molecule has 1 amide bonds. The van der Waals surface area contributed by atoms with Crippen molar-refractivity contribution in [1.29, 1.82) is 5.41 Å². The molecule has 206 valence electrons. The monoisotopic (exact) mass is 527 g/mol. The van der Waals surface area contributed by atoms with Crippen LogP contribution in [0.2, 0.25) is 0 Å². The molecule has 6 N–H and O–H groups in total. The number of nitrogens with two attached hydrogens (primary N) is 2. The van der Waals surface area contributed by atoms with Crippen LogP contribution in [0.25, 0.3) is 11.3 Å². The zero-order valence-electron chi connectivity index (χ0n) is 23.3. The first-order valence-electron chi connectivity index (χ1n) is 13.7. The van der Waals surface area contributed by atoms with E-state index in [4.69, 9.17) is 22.0 Å². The van der Waals surface area contributed by atoms with Crippen LogP contribution in [-0.2, 0) is 4.79 Å². The molecule has 1 atom stereocenters. The van der Waals surface area contributed by atoms with Crippen LogP contribution in [0.5, 0.6) is 0 Å². The molecular weight excluding hydrogens is 486 g/mol. The highest BCUT2D eigenvalue weighted by Gasteiger charge is 2.30. The Balaban J connectivity index is 0.000000519. The Morgan fingerprint density at radius 3 is 2.33 bits per heavy atom. The summed E-state index contributed by atoms with van der Waals surface area (Å²) in [5.74, 6) is 0.402. The number of nitrogen functional groups attached to an aromatic ring is 1. The zero-order valence-corrected chi connectivity index (χ0v) is 23.3. The normalized spacial score (nSPS) is 17.8. The molecule has 2 aliphatic rings. The predicted octanol–water partition coefficient (Wildman–Crippen LogP) is 5.75. The summed E-state index contributed by atoms with van der Waals surface area (Å²) in [6, 6.07) is 17.9. The van der Waals surface area contributed by atoms with E-state index < -0.39 is 0 Å². The van der Waals surface area contributed by atoms with Crippen LogP contribution in [0.3, 0.4) is 0 Å². The lowest BCUT2D eigenvalue weighted by atomic mass is 9.72. The van der Waals surface area contributed by atoms with E-state index in [9.17, 15) is 4.79 Å². The lowest BCUT2D eigenvalue weighted by Gasteiger charge is -2.33. The second kappa shape index (κ2) is 12.3. The molecule has 2 aromatic carbocycles. The molecule has 0 bridgehead atoms. The van der Waals surface area contributed by atoms with Crippen LogP contribution < -0.4 is 16.8 Å². The molecule has 1 unspecified atom stereocenters. The van der Waals surface area contributed by atoms with E-state index in [2.05, 4.69) is 19.2 Å². The van der Waals surface area contributed by atoms with Gasteiger partial charge in [0, 0.05) is 48.4 Å². The van der Waals surface area contributed by atoms with Gasteiger partial charge in [0.15, 0.2) is 0 Å². The first-order valence-corrected chi connectivity index (χ1v) is 13.7. The Morgan fingerprint density at radius 1 is 1.13 bits per heavy atom. The maximum absolute atomic E-state index is 12.3. The SMILES string of the molecule is CC(=N)c1c(-c2ccc(Nc3ccccc3)cc2)nn(C2CCN(C(=O)/C=C/CN)C2)c1N.CC1(C)CCC1. The summed E-state index contributed by atoms with van der Waals surface area (Å²) in [5, 5.41) is 16.5. The largest absolute Gasteiger partial charge is 0.383 e. The third kappa shape index (κ3) is 6.95. The van der Waals surface area contributed by atoms with Gasteiger partial charge in [0.05, 0.1) is 11.6 Å². The van der Waals surface area contributed by atoms with Crippen molar-refractivity contribution in [2.24, 2.45) is 11.1 Å². The number of hydrogen-bond acceptors (Lipinski definition) is 6. The number of likely N-dealkylation sites (tertiary alicyclic amines) is 1. The number of nitrogens with one attached hydrogen (secondary N) is 2. The van der Waals surface area contributed by atoms with Crippen LogP contribution >= 0.6 is 0 Å². The van der Waals surface area contributed by atoms with Crippen molar-refractivity contribution in [3.8, 4) is 11.3 Å². The van der Waals surface area contributed by atoms with E-state index in [1.165, 1.54) is 25.3 Å².